The molecule has 1 aromatic rings. The number of carboxylic acid groups (broad SMARTS) is 1. The number of carboxylic acids is 1. The maximum absolute atomic E-state index is 11.1. The van der Waals surface area contributed by atoms with Gasteiger partial charge in [0, 0.05) is 5.56 Å². The predicted molar refractivity (Wildman–Crippen MR) is 45.8 cm³/mol. The third-order valence-corrected chi connectivity index (χ3v) is 1.36. The van der Waals surface area contributed by atoms with Gasteiger partial charge in [0.2, 0.25) is 0 Å². The molecule has 0 atom stereocenters. The van der Waals surface area contributed by atoms with Gasteiger partial charge in [-0.15, -0.1) is 0 Å². The summed E-state index contributed by atoms with van der Waals surface area (Å²) in [7, 11) is 0. The van der Waals surface area contributed by atoms with E-state index in [9.17, 15) is 9.59 Å². The SMILES string of the molecule is O=C(O)[CH]NC(=O)c1ccccc1. The molecule has 0 heterocycles. The molecule has 67 valence electrons. The Balaban J connectivity index is 2.54. The Bertz CT molecular complexity index is 308. The highest BCUT2D eigenvalue weighted by atomic mass is 16.4. The number of carbonyl (C=O) groups is 2. The van der Waals surface area contributed by atoms with Crippen LogP contribution in [-0.2, 0) is 4.79 Å². The Morgan fingerprint density at radius 1 is 1.23 bits per heavy atom. The molecule has 0 saturated carbocycles. The van der Waals surface area contributed by atoms with E-state index >= 15 is 0 Å². The highest BCUT2D eigenvalue weighted by molar-refractivity contribution is 5.97. The maximum atomic E-state index is 11.1. The van der Waals surface area contributed by atoms with Gasteiger partial charge in [-0.05, 0) is 12.1 Å². The van der Waals surface area contributed by atoms with Crippen LogP contribution in [0.3, 0.4) is 0 Å². The zero-order chi connectivity index (χ0) is 9.68. The Morgan fingerprint density at radius 2 is 1.85 bits per heavy atom. The van der Waals surface area contributed by atoms with Crippen molar-refractivity contribution < 1.29 is 14.7 Å². The number of aliphatic carboxylic acids is 1. The molecule has 4 nitrogen and oxygen atoms in total. The fraction of sp³-hybridized carbons (Fsp3) is 0. The lowest BCUT2D eigenvalue weighted by Crippen LogP contribution is -2.24. The molecule has 0 aliphatic heterocycles. The van der Waals surface area contributed by atoms with E-state index in [-0.39, 0.29) is 0 Å². The summed E-state index contributed by atoms with van der Waals surface area (Å²) in [6, 6.07) is 8.39. The first-order valence-electron chi connectivity index (χ1n) is 3.62. The lowest BCUT2D eigenvalue weighted by Gasteiger charge is -2.00. The zero-order valence-electron chi connectivity index (χ0n) is 6.73. The van der Waals surface area contributed by atoms with Gasteiger partial charge in [0.15, 0.2) is 6.54 Å². The topological polar surface area (TPSA) is 66.4 Å². The van der Waals surface area contributed by atoms with E-state index in [2.05, 4.69) is 5.32 Å². The lowest BCUT2D eigenvalue weighted by molar-refractivity contribution is -0.133. The van der Waals surface area contributed by atoms with Crippen molar-refractivity contribution in [2.75, 3.05) is 0 Å². The molecule has 0 saturated heterocycles. The van der Waals surface area contributed by atoms with Crippen LogP contribution < -0.4 is 5.32 Å². The Morgan fingerprint density at radius 3 is 2.38 bits per heavy atom. The van der Waals surface area contributed by atoms with E-state index < -0.39 is 11.9 Å². The molecule has 1 radical (unpaired) electrons. The Kier molecular flexibility index (Phi) is 3.03. The van der Waals surface area contributed by atoms with Gasteiger partial charge in [-0.2, -0.15) is 0 Å². The van der Waals surface area contributed by atoms with Crippen molar-refractivity contribution in [2.45, 2.75) is 0 Å². The molecular weight excluding hydrogens is 170 g/mol. The van der Waals surface area contributed by atoms with E-state index in [0.717, 1.165) is 0 Å². The Labute approximate surface area is 75.2 Å². The van der Waals surface area contributed by atoms with Gasteiger partial charge in [-0.25, -0.2) is 4.79 Å². The molecule has 0 aliphatic rings. The number of rotatable bonds is 3. The number of nitrogens with one attached hydrogen (secondary N) is 1. The molecular formula is C9H8NO3. The van der Waals surface area contributed by atoms with Gasteiger partial charge in [-0.1, -0.05) is 18.2 Å². The second-order valence-electron chi connectivity index (χ2n) is 2.32. The second kappa shape index (κ2) is 4.25. The van der Waals surface area contributed by atoms with Crippen LogP contribution in [0.2, 0.25) is 0 Å². The minimum absolute atomic E-state index is 0.428. The number of hydrogen-bond donors (Lipinski definition) is 2. The minimum Gasteiger partial charge on any atom is -0.480 e. The summed E-state index contributed by atoms with van der Waals surface area (Å²) in [5, 5.41) is 10.4. The molecule has 4 heteroatoms. The summed E-state index contributed by atoms with van der Waals surface area (Å²) < 4.78 is 0. The summed E-state index contributed by atoms with van der Waals surface area (Å²) in [6.45, 7) is 0.704. The first-order chi connectivity index (χ1) is 6.20. The first-order valence-corrected chi connectivity index (χ1v) is 3.62. The maximum Gasteiger partial charge on any atom is 0.329 e. The van der Waals surface area contributed by atoms with Crippen LogP contribution in [0.4, 0.5) is 0 Å². The van der Waals surface area contributed by atoms with Crippen LogP contribution in [0.15, 0.2) is 30.3 Å². The molecule has 0 unspecified atom stereocenters. The zero-order valence-corrected chi connectivity index (χ0v) is 6.73. The molecule has 1 aromatic carbocycles. The van der Waals surface area contributed by atoms with Crippen LogP contribution >= 0.6 is 0 Å². The largest absolute Gasteiger partial charge is 0.480 e. The smallest absolute Gasteiger partial charge is 0.329 e. The summed E-state index contributed by atoms with van der Waals surface area (Å²) in [6.07, 6.45) is 0. The monoisotopic (exact) mass is 178 g/mol. The number of benzene rings is 1. The van der Waals surface area contributed by atoms with E-state index in [1.165, 1.54) is 0 Å². The molecule has 0 bridgehead atoms. The van der Waals surface area contributed by atoms with Gasteiger partial charge in [-0.3, -0.25) is 4.79 Å². The van der Waals surface area contributed by atoms with Crippen LogP contribution in [-0.4, -0.2) is 17.0 Å². The van der Waals surface area contributed by atoms with Gasteiger partial charge < -0.3 is 10.4 Å². The average Bonchev–Trinajstić information content (AvgIpc) is 2.15. The van der Waals surface area contributed by atoms with Crippen molar-refractivity contribution in [1.29, 1.82) is 0 Å². The average molecular weight is 178 g/mol. The van der Waals surface area contributed by atoms with Gasteiger partial charge >= 0.3 is 5.97 Å². The van der Waals surface area contributed by atoms with Crippen molar-refractivity contribution >= 4 is 11.9 Å². The van der Waals surface area contributed by atoms with E-state index in [1.54, 1.807) is 30.3 Å². The molecule has 0 fully saturated rings. The van der Waals surface area contributed by atoms with Crippen molar-refractivity contribution in [3.8, 4) is 0 Å². The third kappa shape index (κ3) is 2.94. The van der Waals surface area contributed by atoms with Crippen molar-refractivity contribution in [1.82, 2.24) is 5.32 Å². The molecule has 0 aliphatic carbocycles. The van der Waals surface area contributed by atoms with Crippen LogP contribution in [0.25, 0.3) is 0 Å². The standard InChI is InChI=1S/C9H8NO3/c11-8(12)6-10-9(13)7-4-2-1-3-5-7/h1-6H,(H,10,13)(H,11,12). The molecule has 2 N–H and O–H groups in total. The van der Waals surface area contributed by atoms with E-state index in [4.69, 9.17) is 5.11 Å². The van der Waals surface area contributed by atoms with Gasteiger partial charge in [0.1, 0.15) is 0 Å². The summed E-state index contributed by atoms with van der Waals surface area (Å²) in [4.78, 5) is 21.2. The third-order valence-electron chi connectivity index (χ3n) is 1.36. The van der Waals surface area contributed by atoms with E-state index in [0.29, 0.717) is 12.1 Å². The van der Waals surface area contributed by atoms with Gasteiger partial charge in [0.05, 0.1) is 0 Å². The molecule has 1 rings (SSSR count). The highest BCUT2D eigenvalue weighted by Crippen LogP contribution is 1.97. The summed E-state index contributed by atoms with van der Waals surface area (Å²) in [5.74, 6) is -1.60. The highest BCUT2D eigenvalue weighted by Gasteiger charge is 2.05. The number of amides is 1. The second-order valence-corrected chi connectivity index (χ2v) is 2.32. The molecule has 0 spiro atoms. The summed E-state index contributed by atoms with van der Waals surface area (Å²) in [5.41, 5.74) is 0.431. The molecule has 0 aromatic heterocycles. The van der Waals surface area contributed by atoms with E-state index in [1.807, 2.05) is 0 Å². The van der Waals surface area contributed by atoms with Crippen molar-refractivity contribution in [2.24, 2.45) is 0 Å². The van der Waals surface area contributed by atoms with Crippen LogP contribution in [0.1, 0.15) is 10.4 Å². The van der Waals surface area contributed by atoms with Gasteiger partial charge in [0.25, 0.3) is 5.91 Å². The number of hydrogen-bond acceptors (Lipinski definition) is 2. The lowest BCUT2D eigenvalue weighted by atomic mass is 10.2. The molecule has 13 heavy (non-hydrogen) atoms. The first kappa shape index (κ1) is 9.25. The van der Waals surface area contributed by atoms with Crippen LogP contribution in [0, 0.1) is 6.54 Å². The molecule has 1 amide bonds. The Hall–Kier alpha value is -1.84. The van der Waals surface area contributed by atoms with Crippen molar-refractivity contribution in [3.05, 3.63) is 42.4 Å². The number of carbonyl (C=O) groups excluding carboxylic acids is 1. The fourth-order valence-corrected chi connectivity index (χ4v) is 0.800. The fourth-order valence-electron chi connectivity index (χ4n) is 0.800. The van der Waals surface area contributed by atoms with Crippen LogP contribution in [0.5, 0.6) is 0 Å². The quantitative estimate of drug-likeness (QED) is 0.714. The summed E-state index contributed by atoms with van der Waals surface area (Å²) >= 11 is 0. The van der Waals surface area contributed by atoms with Crippen molar-refractivity contribution in [3.63, 3.8) is 0 Å². The minimum atomic E-state index is -1.18. The predicted octanol–water partition coefficient (Wildman–Crippen LogP) is 0.663. The normalized spacial score (nSPS) is 9.23.